The molecular formula is C25H23N3O2S2. The normalized spacial score (nSPS) is 11.5. The number of rotatable bonds is 9. The molecule has 32 heavy (non-hydrogen) atoms. The highest BCUT2D eigenvalue weighted by atomic mass is 32.2. The largest absolute Gasteiger partial charge is 0.301 e. The number of hydrogen-bond donors (Lipinski definition) is 0. The third-order valence-electron chi connectivity index (χ3n) is 4.95. The number of allylic oxidation sites excluding steroid dienone is 1. The van der Waals surface area contributed by atoms with Gasteiger partial charge in [0, 0.05) is 6.54 Å². The lowest BCUT2D eigenvalue weighted by Gasteiger charge is -2.18. The number of sulfone groups is 1. The average Bonchev–Trinajstić information content (AvgIpc) is 3.19. The molecule has 0 saturated carbocycles. The summed E-state index contributed by atoms with van der Waals surface area (Å²) in [6.45, 7) is 4.25. The van der Waals surface area contributed by atoms with Gasteiger partial charge in [-0.05, 0) is 23.3 Å². The van der Waals surface area contributed by atoms with Gasteiger partial charge < -0.3 is 4.57 Å². The highest BCUT2D eigenvalue weighted by Gasteiger charge is 2.24. The summed E-state index contributed by atoms with van der Waals surface area (Å²) in [4.78, 5) is 0.272. The van der Waals surface area contributed by atoms with Crippen LogP contribution in [0.4, 0.5) is 0 Å². The molecule has 0 fully saturated rings. The Bertz CT molecular complexity index is 1230. The van der Waals surface area contributed by atoms with Crippen LogP contribution in [0.2, 0.25) is 0 Å². The minimum Gasteiger partial charge on any atom is -0.301 e. The monoisotopic (exact) mass is 461 g/mol. The van der Waals surface area contributed by atoms with E-state index in [1.165, 1.54) is 0 Å². The number of hydrogen-bond acceptors (Lipinski definition) is 5. The van der Waals surface area contributed by atoms with Crippen molar-refractivity contribution in [1.29, 1.82) is 0 Å². The first kappa shape index (κ1) is 22.0. The number of thioether (sulfide) groups is 1. The summed E-state index contributed by atoms with van der Waals surface area (Å²) in [6.07, 6.45) is 1.73. The van der Waals surface area contributed by atoms with Crippen LogP contribution in [-0.2, 0) is 22.1 Å². The minimum absolute atomic E-state index is 0.0104. The quantitative estimate of drug-likeness (QED) is 0.249. The lowest BCUT2D eigenvalue weighted by molar-refractivity contribution is 0.590. The van der Waals surface area contributed by atoms with Gasteiger partial charge in [-0.1, -0.05) is 96.7 Å². The zero-order valence-corrected chi connectivity index (χ0v) is 19.0. The smallest absolute Gasteiger partial charge is 0.192 e. The molecule has 0 amide bonds. The van der Waals surface area contributed by atoms with Crippen LogP contribution in [-0.4, -0.2) is 23.2 Å². The molecule has 162 valence electrons. The van der Waals surface area contributed by atoms with Crippen LogP contribution in [0.1, 0.15) is 22.2 Å². The van der Waals surface area contributed by atoms with Gasteiger partial charge in [0.25, 0.3) is 0 Å². The van der Waals surface area contributed by atoms with Gasteiger partial charge in [-0.3, -0.25) is 0 Å². The molecular weight excluding hydrogens is 438 g/mol. The average molecular weight is 462 g/mol. The van der Waals surface area contributed by atoms with E-state index in [0.29, 0.717) is 17.5 Å². The van der Waals surface area contributed by atoms with E-state index in [-0.39, 0.29) is 15.9 Å². The van der Waals surface area contributed by atoms with E-state index in [1.54, 1.807) is 48.2 Å². The van der Waals surface area contributed by atoms with Crippen LogP contribution in [0.25, 0.3) is 0 Å². The summed E-state index contributed by atoms with van der Waals surface area (Å²) in [6, 6.07) is 28.8. The van der Waals surface area contributed by atoms with E-state index in [4.69, 9.17) is 0 Å². The molecule has 0 atom stereocenters. The molecule has 0 aliphatic heterocycles. The van der Waals surface area contributed by atoms with Crippen molar-refractivity contribution in [1.82, 2.24) is 14.8 Å². The summed E-state index contributed by atoms with van der Waals surface area (Å²) in [7, 11) is -3.54. The molecule has 7 heteroatoms. The van der Waals surface area contributed by atoms with E-state index >= 15 is 0 Å². The lowest BCUT2D eigenvalue weighted by Crippen LogP contribution is -2.12. The van der Waals surface area contributed by atoms with E-state index in [1.807, 2.05) is 41.0 Å². The summed E-state index contributed by atoms with van der Waals surface area (Å²) in [5.41, 5.74) is 2.27. The van der Waals surface area contributed by atoms with Crippen molar-refractivity contribution >= 4 is 21.6 Å². The maximum atomic E-state index is 12.9. The second-order valence-corrected chi connectivity index (χ2v) is 10.3. The third-order valence-corrected chi connectivity index (χ3v) is 7.88. The zero-order valence-electron chi connectivity index (χ0n) is 17.4. The Kier molecular flexibility index (Phi) is 6.87. The molecule has 0 unspecified atom stereocenters. The summed E-state index contributed by atoms with van der Waals surface area (Å²) >= 11 is 1.55. The van der Waals surface area contributed by atoms with Crippen LogP contribution in [0.5, 0.6) is 0 Å². The van der Waals surface area contributed by atoms with Crippen molar-refractivity contribution in [3.63, 3.8) is 0 Å². The standard InChI is InChI=1S/C25H23N3O2S2/c1-2-18-28-23(19-32(29,30)22-16-10-5-11-17-22)26-27-25(28)31-24(20-12-6-3-7-13-20)21-14-8-4-9-15-21/h2-17,24H,1,18-19H2. The molecule has 0 radical (unpaired) electrons. The van der Waals surface area contributed by atoms with Crippen LogP contribution in [0.15, 0.2) is 114 Å². The van der Waals surface area contributed by atoms with Gasteiger partial charge in [-0.25, -0.2) is 8.42 Å². The first-order valence-corrected chi connectivity index (χ1v) is 12.7. The van der Waals surface area contributed by atoms with Crippen LogP contribution in [0.3, 0.4) is 0 Å². The maximum absolute atomic E-state index is 12.9. The Morgan fingerprint density at radius 1 is 0.844 bits per heavy atom. The second-order valence-electron chi connectivity index (χ2n) is 7.19. The summed E-state index contributed by atoms with van der Waals surface area (Å²) < 4.78 is 27.7. The molecule has 0 saturated heterocycles. The first-order chi connectivity index (χ1) is 15.6. The van der Waals surface area contributed by atoms with E-state index < -0.39 is 9.84 Å². The maximum Gasteiger partial charge on any atom is 0.192 e. The van der Waals surface area contributed by atoms with Crippen molar-refractivity contribution in [2.75, 3.05) is 0 Å². The van der Waals surface area contributed by atoms with Gasteiger partial charge in [0.15, 0.2) is 15.0 Å². The molecule has 4 rings (SSSR count). The van der Waals surface area contributed by atoms with Gasteiger partial charge in [0.1, 0.15) is 11.6 Å². The van der Waals surface area contributed by atoms with E-state index in [2.05, 4.69) is 41.0 Å². The predicted octanol–water partition coefficient (Wildman–Crippen LogP) is 5.32. The van der Waals surface area contributed by atoms with Gasteiger partial charge >= 0.3 is 0 Å². The molecule has 0 bridgehead atoms. The molecule has 0 N–H and O–H groups in total. The molecule has 4 aromatic rings. The van der Waals surface area contributed by atoms with Gasteiger partial charge in [0.05, 0.1) is 10.1 Å². The predicted molar refractivity (Wildman–Crippen MR) is 128 cm³/mol. The minimum atomic E-state index is -3.54. The van der Waals surface area contributed by atoms with E-state index in [9.17, 15) is 8.42 Å². The highest BCUT2D eigenvalue weighted by Crippen LogP contribution is 2.40. The first-order valence-electron chi connectivity index (χ1n) is 10.2. The Labute approximate surface area is 192 Å². The Hall–Kier alpha value is -3.16. The molecule has 0 aliphatic carbocycles. The lowest BCUT2D eigenvalue weighted by atomic mass is 10.0. The molecule has 5 nitrogen and oxygen atoms in total. The van der Waals surface area contributed by atoms with Crippen molar-refractivity contribution in [2.45, 2.75) is 27.6 Å². The van der Waals surface area contributed by atoms with Crippen molar-refractivity contribution in [3.05, 3.63) is 121 Å². The van der Waals surface area contributed by atoms with Crippen LogP contribution in [0, 0.1) is 0 Å². The molecule has 0 spiro atoms. The zero-order chi connectivity index (χ0) is 22.4. The number of benzene rings is 3. The molecule has 3 aromatic carbocycles. The second kappa shape index (κ2) is 9.97. The summed E-state index contributed by atoms with van der Waals surface area (Å²) in [5.74, 6) is 0.177. The molecule has 0 aliphatic rings. The van der Waals surface area contributed by atoms with E-state index in [0.717, 1.165) is 11.1 Å². The Balaban J connectivity index is 1.69. The number of aromatic nitrogens is 3. The Morgan fingerprint density at radius 3 is 1.91 bits per heavy atom. The SMILES string of the molecule is C=CCn1c(CS(=O)(=O)c2ccccc2)nnc1SC(c1ccccc1)c1ccccc1. The fraction of sp³-hybridized carbons (Fsp3) is 0.120. The van der Waals surface area contributed by atoms with Gasteiger partial charge in [0.2, 0.25) is 0 Å². The fourth-order valence-corrected chi connectivity index (χ4v) is 5.88. The third kappa shape index (κ3) is 5.00. The van der Waals surface area contributed by atoms with Crippen molar-refractivity contribution in [3.8, 4) is 0 Å². The van der Waals surface area contributed by atoms with Crippen molar-refractivity contribution in [2.24, 2.45) is 0 Å². The van der Waals surface area contributed by atoms with Crippen LogP contribution < -0.4 is 0 Å². The summed E-state index contributed by atoms with van der Waals surface area (Å²) in [5, 5.41) is 9.26. The Morgan fingerprint density at radius 2 is 1.38 bits per heavy atom. The van der Waals surface area contributed by atoms with Crippen LogP contribution >= 0.6 is 11.8 Å². The van der Waals surface area contributed by atoms with Gasteiger partial charge in [-0.15, -0.1) is 16.8 Å². The molecule has 1 heterocycles. The topological polar surface area (TPSA) is 64.8 Å². The highest BCUT2D eigenvalue weighted by molar-refractivity contribution is 7.99. The molecule has 1 aromatic heterocycles. The van der Waals surface area contributed by atoms with Crippen molar-refractivity contribution < 1.29 is 8.42 Å². The fourth-order valence-electron chi connectivity index (χ4n) is 3.40. The van der Waals surface area contributed by atoms with Gasteiger partial charge in [-0.2, -0.15) is 0 Å². The number of nitrogens with zero attached hydrogens (tertiary/aromatic N) is 3.